The van der Waals surface area contributed by atoms with Crippen LogP contribution in [0.1, 0.15) is 32.8 Å². The van der Waals surface area contributed by atoms with Gasteiger partial charge in [0, 0.05) is 11.7 Å². The predicted octanol–water partition coefficient (Wildman–Crippen LogP) is 3.54. The Morgan fingerprint density at radius 3 is 2.62 bits per heavy atom. The molecule has 0 aliphatic carbocycles. The molecular formula is C13H17FN2. The van der Waals surface area contributed by atoms with Crippen LogP contribution in [0.15, 0.2) is 18.2 Å². The maximum Gasteiger partial charge on any atom is 0.126 e. The second kappa shape index (κ2) is 5.50. The Hall–Kier alpha value is -1.56. The zero-order valence-electron chi connectivity index (χ0n) is 9.92. The van der Waals surface area contributed by atoms with E-state index >= 15 is 0 Å². The predicted molar refractivity (Wildman–Crippen MR) is 63.7 cm³/mol. The number of nitrogens with one attached hydrogen (secondary N) is 1. The second-order valence-electron chi connectivity index (χ2n) is 4.16. The van der Waals surface area contributed by atoms with E-state index in [4.69, 9.17) is 5.26 Å². The van der Waals surface area contributed by atoms with Gasteiger partial charge >= 0.3 is 0 Å². The molecule has 86 valence electrons. The molecule has 2 unspecified atom stereocenters. The Bertz CT molecular complexity index is 395. The molecule has 2 atom stereocenters. The highest BCUT2D eigenvalue weighted by atomic mass is 19.1. The summed E-state index contributed by atoms with van der Waals surface area (Å²) in [4.78, 5) is 0. The first kappa shape index (κ1) is 12.5. The van der Waals surface area contributed by atoms with Crippen molar-refractivity contribution in [2.45, 2.75) is 33.2 Å². The lowest BCUT2D eigenvalue weighted by Crippen LogP contribution is -2.23. The molecule has 0 aliphatic heterocycles. The quantitative estimate of drug-likeness (QED) is 0.842. The van der Waals surface area contributed by atoms with Crippen molar-refractivity contribution in [1.29, 1.82) is 5.26 Å². The summed E-state index contributed by atoms with van der Waals surface area (Å²) in [6.07, 6.45) is 1.06. The van der Waals surface area contributed by atoms with Crippen LogP contribution < -0.4 is 5.32 Å². The van der Waals surface area contributed by atoms with E-state index in [1.165, 1.54) is 12.1 Å². The van der Waals surface area contributed by atoms with E-state index in [0.717, 1.165) is 6.42 Å². The van der Waals surface area contributed by atoms with Crippen LogP contribution in [0.2, 0.25) is 0 Å². The minimum atomic E-state index is -0.377. The van der Waals surface area contributed by atoms with Crippen molar-refractivity contribution >= 4 is 5.69 Å². The normalized spacial score (nSPS) is 13.9. The third-order valence-electron chi connectivity index (χ3n) is 2.92. The van der Waals surface area contributed by atoms with Gasteiger partial charge < -0.3 is 5.32 Å². The topological polar surface area (TPSA) is 35.8 Å². The molecule has 0 heterocycles. The van der Waals surface area contributed by atoms with E-state index in [-0.39, 0.29) is 11.9 Å². The van der Waals surface area contributed by atoms with Crippen molar-refractivity contribution in [3.05, 3.63) is 29.6 Å². The van der Waals surface area contributed by atoms with Crippen LogP contribution >= 0.6 is 0 Å². The summed E-state index contributed by atoms with van der Waals surface area (Å²) in [5, 5.41) is 11.9. The Labute approximate surface area is 96.1 Å². The Morgan fingerprint density at radius 1 is 1.38 bits per heavy atom. The standard InChI is InChI=1S/C13H17FN2/c1-4-9(2)10(3)16-13-6-11(8-15)5-12(14)7-13/h5-7,9-10,16H,4H2,1-3H3. The number of rotatable bonds is 4. The van der Waals surface area contributed by atoms with Crippen LogP contribution in [-0.2, 0) is 0 Å². The molecule has 2 nitrogen and oxygen atoms in total. The summed E-state index contributed by atoms with van der Waals surface area (Å²) >= 11 is 0. The van der Waals surface area contributed by atoms with Gasteiger partial charge in [-0.25, -0.2) is 4.39 Å². The maximum absolute atomic E-state index is 13.2. The molecule has 0 spiro atoms. The minimum absolute atomic E-state index is 0.262. The van der Waals surface area contributed by atoms with E-state index in [1.54, 1.807) is 6.07 Å². The highest BCUT2D eigenvalue weighted by molar-refractivity contribution is 5.50. The summed E-state index contributed by atoms with van der Waals surface area (Å²) in [5.41, 5.74) is 1.02. The van der Waals surface area contributed by atoms with E-state index < -0.39 is 0 Å². The monoisotopic (exact) mass is 220 g/mol. The van der Waals surface area contributed by atoms with E-state index in [2.05, 4.69) is 26.1 Å². The number of nitriles is 1. The van der Waals surface area contributed by atoms with E-state index in [1.807, 2.05) is 6.07 Å². The fourth-order valence-corrected chi connectivity index (χ4v) is 1.50. The summed E-state index contributed by atoms with van der Waals surface area (Å²) in [6.45, 7) is 6.32. The summed E-state index contributed by atoms with van der Waals surface area (Å²) in [5.74, 6) is 0.131. The molecule has 0 aromatic heterocycles. The van der Waals surface area contributed by atoms with Gasteiger partial charge in [-0.2, -0.15) is 5.26 Å². The molecule has 1 aromatic rings. The first-order valence-electron chi connectivity index (χ1n) is 5.54. The summed E-state index contributed by atoms with van der Waals surface area (Å²) in [6, 6.07) is 6.53. The molecule has 0 bridgehead atoms. The van der Waals surface area contributed by atoms with Crippen molar-refractivity contribution < 1.29 is 4.39 Å². The summed E-state index contributed by atoms with van der Waals surface area (Å²) < 4.78 is 13.2. The number of nitrogens with zero attached hydrogens (tertiary/aromatic N) is 1. The number of hydrogen-bond donors (Lipinski definition) is 1. The molecule has 1 N–H and O–H groups in total. The van der Waals surface area contributed by atoms with Gasteiger partial charge in [0.2, 0.25) is 0 Å². The van der Waals surface area contributed by atoms with Gasteiger partial charge in [0.05, 0.1) is 11.6 Å². The van der Waals surface area contributed by atoms with Gasteiger partial charge in [-0.15, -0.1) is 0 Å². The lowest BCUT2D eigenvalue weighted by Gasteiger charge is -2.21. The Kier molecular flexibility index (Phi) is 4.30. The number of benzene rings is 1. The zero-order valence-corrected chi connectivity index (χ0v) is 9.92. The molecule has 0 amide bonds. The lowest BCUT2D eigenvalue weighted by molar-refractivity contribution is 0.494. The van der Waals surface area contributed by atoms with Gasteiger partial charge in [0.1, 0.15) is 5.82 Å². The highest BCUT2D eigenvalue weighted by Crippen LogP contribution is 2.17. The number of halogens is 1. The molecule has 1 aromatic carbocycles. The van der Waals surface area contributed by atoms with Gasteiger partial charge in [0.15, 0.2) is 0 Å². The zero-order chi connectivity index (χ0) is 12.1. The van der Waals surface area contributed by atoms with Crippen LogP contribution in [0.25, 0.3) is 0 Å². The largest absolute Gasteiger partial charge is 0.382 e. The molecule has 1 rings (SSSR count). The van der Waals surface area contributed by atoms with Crippen molar-refractivity contribution in [3.8, 4) is 6.07 Å². The van der Waals surface area contributed by atoms with Gasteiger partial charge in [0.25, 0.3) is 0 Å². The van der Waals surface area contributed by atoms with Crippen molar-refractivity contribution in [3.63, 3.8) is 0 Å². The molecular weight excluding hydrogens is 203 g/mol. The first-order chi connectivity index (χ1) is 7.56. The van der Waals surface area contributed by atoms with E-state index in [9.17, 15) is 4.39 Å². The Morgan fingerprint density at radius 2 is 2.06 bits per heavy atom. The van der Waals surface area contributed by atoms with E-state index in [0.29, 0.717) is 17.2 Å². The molecule has 3 heteroatoms. The fourth-order valence-electron chi connectivity index (χ4n) is 1.50. The molecule has 0 saturated heterocycles. The molecule has 16 heavy (non-hydrogen) atoms. The third-order valence-corrected chi connectivity index (χ3v) is 2.92. The maximum atomic E-state index is 13.2. The van der Waals surface area contributed by atoms with Crippen LogP contribution in [0.3, 0.4) is 0 Å². The number of hydrogen-bond acceptors (Lipinski definition) is 2. The molecule has 0 aliphatic rings. The first-order valence-corrected chi connectivity index (χ1v) is 5.54. The van der Waals surface area contributed by atoms with Gasteiger partial charge in [-0.1, -0.05) is 20.3 Å². The molecule has 0 saturated carbocycles. The Balaban J connectivity index is 2.81. The van der Waals surface area contributed by atoms with Gasteiger partial charge in [-0.05, 0) is 31.0 Å². The highest BCUT2D eigenvalue weighted by Gasteiger charge is 2.10. The minimum Gasteiger partial charge on any atom is -0.382 e. The van der Waals surface area contributed by atoms with Crippen LogP contribution in [0.5, 0.6) is 0 Å². The lowest BCUT2D eigenvalue weighted by atomic mass is 10.0. The summed E-state index contributed by atoms with van der Waals surface area (Å²) in [7, 11) is 0. The fraction of sp³-hybridized carbons (Fsp3) is 0.462. The van der Waals surface area contributed by atoms with Crippen molar-refractivity contribution in [2.75, 3.05) is 5.32 Å². The van der Waals surface area contributed by atoms with Crippen LogP contribution in [0.4, 0.5) is 10.1 Å². The molecule has 0 radical (unpaired) electrons. The second-order valence-corrected chi connectivity index (χ2v) is 4.16. The smallest absolute Gasteiger partial charge is 0.126 e. The SMILES string of the molecule is CCC(C)C(C)Nc1cc(F)cc(C#N)c1. The van der Waals surface area contributed by atoms with Crippen molar-refractivity contribution in [2.24, 2.45) is 5.92 Å². The van der Waals surface area contributed by atoms with Crippen LogP contribution in [-0.4, -0.2) is 6.04 Å². The average molecular weight is 220 g/mol. The van der Waals surface area contributed by atoms with Crippen LogP contribution in [0, 0.1) is 23.1 Å². The number of anilines is 1. The third kappa shape index (κ3) is 3.23. The van der Waals surface area contributed by atoms with Gasteiger partial charge in [-0.3, -0.25) is 0 Å². The molecule has 0 fully saturated rings. The average Bonchev–Trinajstić information content (AvgIpc) is 2.26. The van der Waals surface area contributed by atoms with Crippen molar-refractivity contribution in [1.82, 2.24) is 0 Å².